The van der Waals surface area contributed by atoms with Crippen LogP contribution in [0.1, 0.15) is 89.7 Å². The number of likely N-dealkylation sites (tertiary alicyclic amines) is 2. The number of nitrogens with two attached hydrogens (primary N) is 2. The molecule has 14 N–H and O–H groups in total. The zero-order valence-corrected chi connectivity index (χ0v) is 42.6. The van der Waals surface area contributed by atoms with Gasteiger partial charge in [0, 0.05) is 39.4 Å². The summed E-state index contributed by atoms with van der Waals surface area (Å²) in [6.45, 7) is 5.05. The molecule has 2 heterocycles. The molecule has 0 aliphatic carbocycles. The fraction of sp³-hybridized carbons (Fsp3) is 0.520. The molecule has 2 saturated heterocycles. The first kappa shape index (κ1) is 60.2. The normalized spacial score (nSPS) is 17.4. The van der Waals surface area contributed by atoms with Gasteiger partial charge in [-0.15, -0.1) is 0 Å². The lowest BCUT2D eigenvalue weighted by Crippen LogP contribution is -2.60. The second kappa shape index (κ2) is 28.9. The summed E-state index contributed by atoms with van der Waals surface area (Å²) >= 11 is 0. The van der Waals surface area contributed by atoms with Crippen molar-refractivity contribution in [3.63, 3.8) is 0 Å². The Hall–Kier alpha value is -8.32. The number of hydrogen-bond acceptors (Lipinski definition) is 13. The van der Waals surface area contributed by atoms with Gasteiger partial charge in [0.15, 0.2) is 5.96 Å². The van der Waals surface area contributed by atoms with Crippen LogP contribution >= 0.6 is 0 Å². The van der Waals surface area contributed by atoms with Crippen molar-refractivity contribution in [2.45, 2.75) is 140 Å². The zero-order chi connectivity index (χ0) is 56.2. The molecule has 8 amide bonds. The van der Waals surface area contributed by atoms with Gasteiger partial charge in [-0.25, -0.2) is 4.79 Å². The van der Waals surface area contributed by atoms with Gasteiger partial charge in [0.2, 0.25) is 47.3 Å². The van der Waals surface area contributed by atoms with Crippen molar-refractivity contribution < 1.29 is 73.2 Å². The first-order valence-corrected chi connectivity index (χ1v) is 24.9. The molecule has 0 spiro atoms. The summed E-state index contributed by atoms with van der Waals surface area (Å²) in [5, 5.41) is 54.1. The molecule has 2 aromatic carbocycles. The molecule has 2 aliphatic rings. The topological polar surface area (TPSA) is 412 Å². The van der Waals surface area contributed by atoms with Gasteiger partial charge >= 0.3 is 17.9 Å². The third kappa shape index (κ3) is 18.9. The van der Waals surface area contributed by atoms with Crippen molar-refractivity contribution >= 4 is 71.1 Å². The maximum atomic E-state index is 14.6. The molecule has 0 saturated carbocycles. The van der Waals surface area contributed by atoms with Crippen molar-refractivity contribution in [3.8, 4) is 5.75 Å². The maximum absolute atomic E-state index is 14.6. The Morgan fingerprint density at radius 1 is 0.605 bits per heavy atom. The van der Waals surface area contributed by atoms with Crippen LogP contribution in [0.4, 0.5) is 0 Å². The van der Waals surface area contributed by atoms with Crippen LogP contribution in [-0.4, -0.2) is 169 Å². The summed E-state index contributed by atoms with van der Waals surface area (Å²) < 4.78 is 0. The van der Waals surface area contributed by atoms with Crippen molar-refractivity contribution in [2.24, 2.45) is 22.4 Å². The third-order valence-corrected chi connectivity index (χ3v) is 12.5. The molecule has 0 bridgehead atoms. The number of aromatic hydroxyl groups is 1. The Morgan fingerprint density at radius 2 is 1.07 bits per heavy atom. The molecule has 76 heavy (non-hydrogen) atoms. The van der Waals surface area contributed by atoms with Gasteiger partial charge in [-0.05, 0) is 74.1 Å². The van der Waals surface area contributed by atoms with Crippen LogP contribution in [0.25, 0.3) is 0 Å². The lowest BCUT2D eigenvalue weighted by atomic mass is 10.0. The van der Waals surface area contributed by atoms with E-state index in [9.17, 15) is 73.2 Å². The number of nitrogens with zero attached hydrogens (tertiary/aromatic N) is 3. The standard InChI is InChI=1S/C50H69N11O15/c1-27(2)22-35(54-28(3)62)47(73)60-20-9-14-39(60)46(72)57-34(26-41(66)67)43(69)56-33(25-40(64)65)44(70)58-36(23-29-10-5-4-6-11-29)48(74)61-21-8-13-38(61)45(71)55-32(12-7-19-53-50(51)52)42(68)59-37(49(75)76)24-30-15-17-31(63)18-16-30/h4-6,10-11,15-18,27,32-39,63H,7-9,12-14,19-26H2,1-3H3,(H,54,62)(H,55,71)(H,56,69)(H,57,72)(H,58,70)(H,59,68)(H,64,65)(H,66,67)(H,75,76)(H4,51,52,53)/t32-,33-,34-,35-,36-,37-,38-,39-/m0/s1. The minimum atomic E-state index is -1.97. The predicted molar refractivity (Wildman–Crippen MR) is 270 cm³/mol. The smallest absolute Gasteiger partial charge is 0.326 e. The van der Waals surface area contributed by atoms with Crippen LogP contribution in [0.15, 0.2) is 59.6 Å². The molecule has 26 nitrogen and oxygen atoms in total. The minimum Gasteiger partial charge on any atom is -0.508 e. The first-order chi connectivity index (χ1) is 35.9. The SMILES string of the molecule is CC(=O)N[C@@H](CC(C)C)C(=O)N1CCC[C@H]1C(=O)N[C@@H](CC(=O)O)C(=O)N[C@@H](CC(=O)O)C(=O)N[C@@H](Cc1ccccc1)C(=O)N1CCC[C@H]1C(=O)N[C@@H](CCCN=C(N)N)C(=O)N[C@@H](Cc1ccc(O)cc1)C(=O)O. The fourth-order valence-electron chi connectivity index (χ4n) is 8.96. The molecule has 0 radical (unpaired) electrons. The van der Waals surface area contributed by atoms with E-state index in [-0.39, 0.29) is 88.6 Å². The number of rotatable bonds is 28. The lowest BCUT2D eigenvalue weighted by molar-refractivity contribution is -0.145. The second-order valence-corrected chi connectivity index (χ2v) is 19.1. The number of aliphatic imine (C=N–C) groups is 1. The predicted octanol–water partition coefficient (Wildman–Crippen LogP) is -1.78. The average Bonchev–Trinajstić information content (AvgIpc) is 4.05. The van der Waals surface area contributed by atoms with Crippen molar-refractivity contribution in [1.82, 2.24) is 41.7 Å². The van der Waals surface area contributed by atoms with Gasteiger partial charge < -0.3 is 73.6 Å². The number of carbonyl (C=O) groups excluding carboxylic acids is 8. The Bertz CT molecular complexity index is 2450. The third-order valence-electron chi connectivity index (χ3n) is 12.5. The maximum Gasteiger partial charge on any atom is 0.326 e. The van der Waals surface area contributed by atoms with Crippen LogP contribution in [-0.2, 0) is 65.6 Å². The van der Waals surface area contributed by atoms with Gasteiger partial charge in [-0.3, -0.25) is 52.9 Å². The quantitative estimate of drug-likeness (QED) is 0.0255. The van der Waals surface area contributed by atoms with Crippen LogP contribution in [0.2, 0.25) is 0 Å². The number of phenols is 1. The number of carbonyl (C=O) groups is 11. The van der Waals surface area contributed by atoms with Crippen LogP contribution < -0.4 is 43.4 Å². The van der Waals surface area contributed by atoms with Gasteiger partial charge in [0.1, 0.15) is 54.1 Å². The second-order valence-electron chi connectivity index (χ2n) is 19.1. The molecule has 2 fully saturated rings. The molecule has 8 atom stereocenters. The number of carboxylic acid groups (broad SMARTS) is 3. The summed E-state index contributed by atoms with van der Waals surface area (Å²) in [7, 11) is 0. The lowest BCUT2D eigenvalue weighted by Gasteiger charge is -2.31. The molecule has 0 aromatic heterocycles. The highest BCUT2D eigenvalue weighted by molar-refractivity contribution is 6.00. The Morgan fingerprint density at radius 3 is 1.57 bits per heavy atom. The number of guanidine groups is 1. The monoisotopic (exact) mass is 1060 g/mol. The molecular formula is C50H69N11O15. The van der Waals surface area contributed by atoms with Crippen LogP contribution in [0.3, 0.4) is 0 Å². The van der Waals surface area contributed by atoms with Crippen molar-refractivity contribution in [2.75, 3.05) is 19.6 Å². The number of phenolic OH excluding ortho intramolecular Hbond substituents is 1. The average molecular weight is 1060 g/mol. The summed E-state index contributed by atoms with van der Waals surface area (Å²) in [4.78, 5) is 153. The van der Waals surface area contributed by atoms with E-state index in [2.05, 4.69) is 36.9 Å². The van der Waals surface area contributed by atoms with E-state index in [1.54, 1.807) is 30.3 Å². The molecular weight excluding hydrogens is 995 g/mol. The molecule has 26 heteroatoms. The molecule has 2 aromatic rings. The highest BCUT2D eigenvalue weighted by atomic mass is 16.4. The molecule has 414 valence electrons. The first-order valence-electron chi connectivity index (χ1n) is 24.9. The fourth-order valence-corrected chi connectivity index (χ4v) is 8.96. The highest BCUT2D eigenvalue weighted by Gasteiger charge is 2.42. The van der Waals surface area contributed by atoms with E-state index in [1.165, 1.54) is 41.0 Å². The van der Waals surface area contributed by atoms with Gasteiger partial charge in [-0.2, -0.15) is 0 Å². The number of hydrogen-bond donors (Lipinski definition) is 12. The van der Waals surface area contributed by atoms with E-state index < -0.39 is 126 Å². The number of aliphatic carboxylic acids is 3. The largest absolute Gasteiger partial charge is 0.508 e. The van der Waals surface area contributed by atoms with E-state index in [4.69, 9.17) is 11.5 Å². The van der Waals surface area contributed by atoms with Crippen LogP contribution in [0.5, 0.6) is 5.75 Å². The number of amides is 8. The van der Waals surface area contributed by atoms with E-state index in [1.807, 2.05) is 13.8 Å². The molecule has 4 rings (SSSR count). The Labute approximate surface area is 438 Å². The van der Waals surface area contributed by atoms with Crippen molar-refractivity contribution in [1.29, 1.82) is 0 Å². The minimum absolute atomic E-state index is 0.0192. The number of carboxylic acids is 3. The zero-order valence-electron chi connectivity index (χ0n) is 42.6. The highest BCUT2D eigenvalue weighted by Crippen LogP contribution is 2.23. The Kier molecular flexibility index (Phi) is 22.9. The summed E-state index contributed by atoms with van der Waals surface area (Å²) in [5.74, 6) is -11.8. The summed E-state index contributed by atoms with van der Waals surface area (Å²) in [6.07, 6.45) is -1.36. The summed E-state index contributed by atoms with van der Waals surface area (Å²) in [5.41, 5.74) is 11.9. The molecule has 0 unspecified atom stereocenters. The van der Waals surface area contributed by atoms with Gasteiger partial charge in [0.05, 0.1) is 12.8 Å². The van der Waals surface area contributed by atoms with Gasteiger partial charge in [0.25, 0.3) is 0 Å². The van der Waals surface area contributed by atoms with Crippen LogP contribution in [0, 0.1) is 5.92 Å². The summed E-state index contributed by atoms with van der Waals surface area (Å²) in [6, 6.07) is 2.31. The van der Waals surface area contributed by atoms with Crippen molar-refractivity contribution in [3.05, 3.63) is 65.7 Å². The van der Waals surface area contributed by atoms with E-state index in [0.717, 1.165) is 0 Å². The Balaban J connectivity index is 1.56. The molecule has 2 aliphatic heterocycles. The van der Waals surface area contributed by atoms with Gasteiger partial charge in [-0.1, -0.05) is 56.3 Å². The van der Waals surface area contributed by atoms with E-state index >= 15 is 0 Å². The van der Waals surface area contributed by atoms with E-state index in [0.29, 0.717) is 17.5 Å². The number of nitrogens with one attached hydrogen (secondary N) is 6. The number of benzene rings is 2.